The smallest absolute Gasteiger partial charge is 0.282 e. The molecule has 17 heavy (non-hydrogen) atoms. The highest BCUT2D eigenvalue weighted by atomic mass is 33.7. The van der Waals surface area contributed by atoms with Gasteiger partial charge in [-0.3, -0.25) is 0 Å². The van der Waals surface area contributed by atoms with Crippen LogP contribution in [0.25, 0.3) is 0 Å². The molecule has 0 aromatic rings. The number of thiol groups is 1. The van der Waals surface area contributed by atoms with E-state index in [2.05, 4.69) is 11.7 Å². The Kier molecular flexibility index (Phi) is 13.6. The number of ether oxygens (including phenoxy) is 3. The molecule has 0 spiro atoms. The van der Waals surface area contributed by atoms with Crippen molar-refractivity contribution in [3.63, 3.8) is 0 Å². The molecule has 0 aliphatic heterocycles. The van der Waals surface area contributed by atoms with Crippen molar-refractivity contribution in [3.8, 4) is 0 Å². The summed E-state index contributed by atoms with van der Waals surface area (Å²) in [6, 6.07) is 1.13. The predicted octanol–water partition coefficient (Wildman–Crippen LogP) is 3.52. The first kappa shape index (κ1) is 18.5. The van der Waals surface area contributed by atoms with Crippen LogP contribution in [0.1, 0.15) is 27.2 Å². The summed E-state index contributed by atoms with van der Waals surface area (Å²) in [4.78, 5) is 0. The molecule has 0 saturated carbocycles. The molecular formula is C9H22O3S4Si. The van der Waals surface area contributed by atoms with Crippen molar-refractivity contribution in [2.24, 2.45) is 0 Å². The van der Waals surface area contributed by atoms with Crippen LogP contribution >= 0.6 is 41.6 Å². The molecule has 3 nitrogen and oxygen atoms in total. The topological polar surface area (TPSA) is 27.7 Å². The van der Waals surface area contributed by atoms with Crippen LogP contribution in [0, 0.1) is 0 Å². The second-order valence-corrected chi connectivity index (χ2v) is 12.2. The van der Waals surface area contributed by atoms with Gasteiger partial charge in [-0.1, -0.05) is 11.7 Å². The fourth-order valence-electron chi connectivity index (χ4n) is 1.40. The average Bonchev–Trinajstić information content (AvgIpc) is 2.30. The zero-order valence-corrected chi connectivity index (χ0v) is 15.4. The summed E-state index contributed by atoms with van der Waals surface area (Å²) in [5, 5.41) is 0. The largest absolute Gasteiger partial charge is 0.328 e. The summed E-state index contributed by atoms with van der Waals surface area (Å²) >= 11 is 4.09. The quantitative estimate of drug-likeness (QED) is 0.193. The van der Waals surface area contributed by atoms with E-state index in [-0.39, 0.29) is 8.67 Å². The zero-order valence-electron chi connectivity index (χ0n) is 10.6. The van der Waals surface area contributed by atoms with Crippen molar-refractivity contribution in [1.82, 2.24) is 0 Å². The predicted molar refractivity (Wildman–Crippen MR) is 87.3 cm³/mol. The van der Waals surface area contributed by atoms with Gasteiger partial charge in [0.25, 0.3) is 5.97 Å². The van der Waals surface area contributed by atoms with Gasteiger partial charge in [0, 0.05) is 26.2 Å². The van der Waals surface area contributed by atoms with Gasteiger partial charge >= 0.3 is 0 Å². The van der Waals surface area contributed by atoms with Crippen molar-refractivity contribution >= 4 is 50.2 Å². The molecule has 0 aliphatic carbocycles. The van der Waals surface area contributed by atoms with Crippen LogP contribution in [0.15, 0.2) is 0 Å². The van der Waals surface area contributed by atoms with Gasteiger partial charge in [-0.15, -0.1) is 10.2 Å². The van der Waals surface area contributed by atoms with E-state index in [9.17, 15) is 0 Å². The van der Waals surface area contributed by atoms with Crippen molar-refractivity contribution in [2.45, 2.75) is 39.2 Å². The van der Waals surface area contributed by atoms with Crippen LogP contribution in [-0.2, 0) is 14.2 Å². The molecule has 0 aromatic carbocycles. The van der Waals surface area contributed by atoms with E-state index in [1.54, 1.807) is 9.83 Å². The highest BCUT2D eigenvalue weighted by molar-refractivity contribution is 9.26. The average molecular weight is 335 g/mol. The highest BCUT2D eigenvalue weighted by Gasteiger charge is 2.31. The Morgan fingerprint density at radius 2 is 1.59 bits per heavy atom. The summed E-state index contributed by atoms with van der Waals surface area (Å²) < 4.78 is 17.0. The lowest BCUT2D eigenvalue weighted by Crippen LogP contribution is -2.39. The van der Waals surface area contributed by atoms with Gasteiger partial charge in [-0.25, -0.2) is 0 Å². The summed E-state index contributed by atoms with van der Waals surface area (Å²) in [5.41, 5.74) is 0. The molecule has 0 heterocycles. The maximum atomic E-state index is 5.66. The molecule has 0 radical (unpaired) electrons. The Hall–Kier alpha value is 1.50. The lowest BCUT2D eigenvalue weighted by atomic mass is 10.4. The van der Waals surface area contributed by atoms with Crippen LogP contribution < -0.4 is 0 Å². The zero-order chi connectivity index (χ0) is 13.0. The van der Waals surface area contributed by atoms with E-state index in [1.807, 2.05) is 31.0 Å². The van der Waals surface area contributed by atoms with Crippen LogP contribution in [0.5, 0.6) is 0 Å². The van der Waals surface area contributed by atoms with E-state index in [0.717, 1.165) is 12.5 Å². The SMILES string of the molecule is CCOC(CC[SiH2]SSSS)(OCC)OCC. The summed E-state index contributed by atoms with van der Waals surface area (Å²) in [6.07, 6.45) is 0.819. The Labute approximate surface area is 123 Å². The molecule has 0 aliphatic rings. The fourth-order valence-corrected chi connectivity index (χ4v) is 11.9. The van der Waals surface area contributed by atoms with Gasteiger partial charge in [-0.05, 0) is 46.5 Å². The highest BCUT2D eigenvalue weighted by Crippen LogP contribution is 2.37. The molecule has 0 bridgehead atoms. The first-order valence-corrected chi connectivity index (χ1v) is 13.2. The molecule has 0 aromatic heterocycles. The maximum absolute atomic E-state index is 5.66. The van der Waals surface area contributed by atoms with Gasteiger partial charge in [0.2, 0.25) is 0 Å². The van der Waals surface area contributed by atoms with Crippen LogP contribution in [-0.4, -0.2) is 34.5 Å². The summed E-state index contributed by atoms with van der Waals surface area (Å²) in [7, 11) is 5.00. The summed E-state index contributed by atoms with van der Waals surface area (Å²) in [6.45, 7) is 7.72. The molecular weight excluding hydrogens is 312 g/mol. The van der Waals surface area contributed by atoms with Crippen LogP contribution in [0.2, 0.25) is 6.04 Å². The lowest BCUT2D eigenvalue weighted by molar-refractivity contribution is -0.377. The number of hydrogen-bond donors (Lipinski definition) is 1. The first-order chi connectivity index (χ1) is 8.24. The van der Waals surface area contributed by atoms with E-state index < -0.39 is 5.97 Å². The van der Waals surface area contributed by atoms with Crippen molar-refractivity contribution in [2.75, 3.05) is 19.8 Å². The second-order valence-electron chi connectivity index (χ2n) is 3.05. The third-order valence-electron chi connectivity index (χ3n) is 1.88. The normalized spacial score (nSPS) is 12.7. The minimum Gasteiger partial charge on any atom is -0.328 e. The standard InChI is InChI=1S/C9H22O3S4Si/c1-4-10-9(11-5-2,12-6-3)7-8-17-16-15-14-13/h13H,4-8,17H2,1-3H3. The van der Waals surface area contributed by atoms with Crippen molar-refractivity contribution in [3.05, 3.63) is 0 Å². The molecule has 0 amide bonds. The van der Waals surface area contributed by atoms with Gasteiger partial charge in [-0.2, -0.15) is 0 Å². The molecule has 0 saturated heterocycles. The van der Waals surface area contributed by atoms with Gasteiger partial charge < -0.3 is 14.2 Å². The second kappa shape index (κ2) is 12.5. The summed E-state index contributed by atoms with van der Waals surface area (Å²) in [5.74, 6) is -0.815. The lowest BCUT2D eigenvalue weighted by Gasteiger charge is -2.32. The van der Waals surface area contributed by atoms with Crippen molar-refractivity contribution < 1.29 is 14.2 Å². The molecule has 0 N–H and O–H groups in total. The van der Waals surface area contributed by atoms with Gasteiger partial charge in [0.05, 0.1) is 0 Å². The Morgan fingerprint density at radius 3 is 2.00 bits per heavy atom. The van der Waals surface area contributed by atoms with E-state index >= 15 is 0 Å². The molecule has 0 rings (SSSR count). The minimum absolute atomic E-state index is 0.161. The third kappa shape index (κ3) is 9.09. The molecule has 0 atom stereocenters. The van der Waals surface area contributed by atoms with E-state index in [4.69, 9.17) is 14.2 Å². The third-order valence-corrected chi connectivity index (χ3v) is 11.8. The Morgan fingerprint density at radius 1 is 1.06 bits per heavy atom. The van der Waals surface area contributed by atoms with Crippen LogP contribution in [0.3, 0.4) is 0 Å². The Bertz CT molecular complexity index is 159. The maximum Gasteiger partial charge on any atom is 0.282 e. The van der Waals surface area contributed by atoms with Crippen LogP contribution in [0.4, 0.5) is 0 Å². The molecule has 0 fully saturated rings. The monoisotopic (exact) mass is 334 g/mol. The molecule has 104 valence electrons. The van der Waals surface area contributed by atoms with Crippen molar-refractivity contribution in [1.29, 1.82) is 0 Å². The van der Waals surface area contributed by atoms with E-state index in [0.29, 0.717) is 19.8 Å². The minimum atomic E-state index is -0.815. The Balaban J connectivity index is 4.05. The molecule has 8 heteroatoms. The first-order valence-electron chi connectivity index (χ1n) is 5.76. The molecule has 0 unspecified atom stereocenters. The number of rotatable bonds is 12. The van der Waals surface area contributed by atoms with Gasteiger partial charge in [0.15, 0.2) is 0 Å². The van der Waals surface area contributed by atoms with E-state index in [1.165, 1.54) is 9.83 Å². The number of hydrogen-bond acceptors (Lipinski definition) is 7. The fraction of sp³-hybridized carbons (Fsp3) is 1.00. The van der Waals surface area contributed by atoms with Gasteiger partial charge in [0.1, 0.15) is 8.67 Å².